The highest BCUT2D eigenvalue weighted by Gasteiger charge is 2.17. The van der Waals surface area contributed by atoms with Crippen molar-refractivity contribution in [2.45, 2.75) is 20.4 Å². The van der Waals surface area contributed by atoms with Gasteiger partial charge in [0.05, 0.1) is 17.3 Å². The maximum Gasteiger partial charge on any atom is 0.343 e. The highest BCUT2D eigenvalue weighted by Crippen LogP contribution is 2.25. The normalized spacial score (nSPS) is 10.4. The van der Waals surface area contributed by atoms with Gasteiger partial charge in [0.1, 0.15) is 5.56 Å². The Bertz CT molecular complexity index is 725. The van der Waals surface area contributed by atoms with Gasteiger partial charge in [0, 0.05) is 12.1 Å². The Hall–Kier alpha value is -2.14. The smallest absolute Gasteiger partial charge is 0.343 e. The van der Waals surface area contributed by atoms with Crippen LogP contribution in [0, 0.1) is 0 Å². The van der Waals surface area contributed by atoms with E-state index < -0.39 is 11.5 Å². The molecule has 0 N–H and O–H groups in total. The number of carbonyl (C=O) groups excluding carboxylic acids is 1. The quantitative estimate of drug-likeness (QED) is 0.815. The molecular formula is C15H15ClN2O3. The van der Waals surface area contributed by atoms with E-state index in [1.165, 1.54) is 10.7 Å². The summed E-state index contributed by atoms with van der Waals surface area (Å²) < 4.78 is 6.14. The molecule has 0 saturated carbocycles. The van der Waals surface area contributed by atoms with Crippen LogP contribution >= 0.6 is 11.6 Å². The van der Waals surface area contributed by atoms with Crippen molar-refractivity contribution in [2.75, 3.05) is 6.61 Å². The number of rotatable bonds is 4. The Labute approximate surface area is 127 Å². The van der Waals surface area contributed by atoms with Crippen molar-refractivity contribution in [3.05, 3.63) is 51.3 Å². The van der Waals surface area contributed by atoms with Crippen LogP contribution in [-0.2, 0) is 11.3 Å². The Balaban J connectivity index is 2.64. The summed E-state index contributed by atoms with van der Waals surface area (Å²) in [6.07, 6.45) is 0. The predicted molar refractivity (Wildman–Crippen MR) is 80.6 cm³/mol. The first-order valence-electron chi connectivity index (χ1n) is 6.62. The van der Waals surface area contributed by atoms with Crippen molar-refractivity contribution in [1.29, 1.82) is 0 Å². The Morgan fingerprint density at radius 1 is 1.33 bits per heavy atom. The molecule has 2 aromatic rings. The van der Waals surface area contributed by atoms with Crippen LogP contribution in [0.4, 0.5) is 0 Å². The molecule has 6 heteroatoms. The fraction of sp³-hybridized carbons (Fsp3) is 0.267. The molecule has 1 aromatic carbocycles. The zero-order valence-electron chi connectivity index (χ0n) is 11.8. The van der Waals surface area contributed by atoms with Gasteiger partial charge in [0.25, 0.3) is 5.56 Å². The summed E-state index contributed by atoms with van der Waals surface area (Å²) in [6.45, 7) is 4.02. The second-order valence-corrected chi connectivity index (χ2v) is 4.67. The molecule has 0 bridgehead atoms. The number of halogens is 1. The molecule has 0 unspecified atom stereocenters. The van der Waals surface area contributed by atoms with Crippen molar-refractivity contribution < 1.29 is 9.53 Å². The number of nitrogens with zero attached hydrogens (tertiary/aromatic N) is 2. The van der Waals surface area contributed by atoms with Crippen LogP contribution < -0.4 is 5.56 Å². The Kier molecular flexibility index (Phi) is 4.75. The summed E-state index contributed by atoms with van der Waals surface area (Å²) in [5, 5.41) is 4.74. The van der Waals surface area contributed by atoms with E-state index in [-0.39, 0.29) is 12.2 Å². The molecule has 0 amide bonds. The summed E-state index contributed by atoms with van der Waals surface area (Å²) >= 11 is 6.14. The van der Waals surface area contributed by atoms with Gasteiger partial charge in [-0.05, 0) is 26.0 Å². The molecular weight excluding hydrogens is 292 g/mol. The summed E-state index contributed by atoms with van der Waals surface area (Å²) in [4.78, 5) is 24.1. The number of esters is 1. The van der Waals surface area contributed by atoms with Crippen molar-refractivity contribution >= 4 is 17.6 Å². The molecule has 2 rings (SSSR count). The van der Waals surface area contributed by atoms with E-state index in [0.717, 1.165) is 0 Å². The maximum atomic E-state index is 12.2. The first-order chi connectivity index (χ1) is 10.1. The van der Waals surface area contributed by atoms with E-state index in [0.29, 0.717) is 22.8 Å². The molecule has 21 heavy (non-hydrogen) atoms. The van der Waals surface area contributed by atoms with E-state index in [2.05, 4.69) is 5.10 Å². The van der Waals surface area contributed by atoms with Gasteiger partial charge in [0.15, 0.2) is 0 Å². The summed E-state index contributed by atoms with van der Waals surface area (Å²) in [5.74, 6) is -0.652. The van der Waals surface area contributed by atoms with Crippen LogP contribution in [0.3, 0.4) is 0 Å². The van der Waals surface area contributed by atoms with E-state index in [9.17, 15) is 9.59 Å². The van der Waals surface area contributed by atoms with E-state index >= 15 is 0 Å². The molecule has 0 radical (unpaired) electrons. The third-order valence-corrected chi connectivity index (χ3v) is 3.25. The average molecular weight is 307 g/mol. The average Bonchev–Trinajstić information content (AvgIpc) is 2.48. The number of aromatic nitrogens is 2. The minimum Gasteiger partial charge on any atom is -0.462 e. The zero-order chi connectivity index (χ0) is 15.4. The first-order valence-corrected chi connectivity index (χ1v) is 7.00. The van der Waals surface area contributed by atoms with Crippen LogP contribution in [-0.4, -0.2) is 22.4 Å². The van der Waals surface area contributed by atoms with E-state index in [1.807, 2.05) is 6.07 Å². The van der Waals surface area contributed by atoms with Crippen LogP contribution in [0.5, 0.6) is 0 Å². The number of benzene rings is 1. The fourth-order valence-corrected chi connectivity index (χ4v) is 2.14. The molecule has 0 aliphatic heterocycles. The first kappa shape index (κ1) is 15.3. The lowest BCUT2D eigenvalue weighted by Crippen LogP contribution is -2.29. The van der Waals surface area contributed by atoms with Crippen LogP contribution in [0.15, 0.2) is 35.1 Å². The van der Waals surface area contributed by atoms with Gasteiger partial charge in [-0.15, -0.1) is 0 Å². The summed E-state index contributed by atoms with van der Waals surface area (Å²) in [5.41, 5.74) is 0.618. The number of hydrogen-bond donors (Lipinski definition) is 0. The monoisotopic (exact) mass is 306 g/mol. The minimum atomic E-state index is -0.652. The van der Waals surface area contributed by atoms with E-state index in [4.69, 9.17) is 16.3 Å². The third-order valence-electron chi connectivity index (χ3n) is 2.92. The van der Waals surface area contributed by atoms with Gasteiger partial charge in [0.2, 0.25) is 0 Å². The molecule has 1 heterocycles. The molecule has 0 fully saturated rings. The molecule has 0 aliphatic rings. The van der Waals surface area contributed by atoms with Crippen molar-refractivity contribution in [2.24, 2.45) is 0 Å². The van der Waals surface area contributed by atoms with E-state index in [1.54, 1.807) is 32.0 Å². The lowest BCUT2D eigenvalue weighted by atomic mass is 10.1. The molecule has 0 atom stereocenters. The number of hydrogen-bond acceptors (Lipinski definition) is 4. The number of ether oxygens (including phenoxy) is 1. The molecule has 0 saturated heterocycles. The van der Waals surface area contributed by atoms with Crippen molar-refractivity contribution in [3.63, 3.8) is 0 Å². The van der Waals surface area contributed by atoms with Gasteiger partial charge in [-0.1, -0.05) is 29.8 Å². The van der Waals surface area contributed by atoms with Crippen LogP contribution in [0.25, 0.3) is 11.3 Å². The van der Waals surface area contributed by atoms with Gasteiger partial charge >= 0.3 is 5.97 Å². The number of aryl methyl sites for hydroxylation is 1. The minimum absolute atomic E-state index is 0.0383. The van der Waals surface area contributed by atoms with Crippen LogP contribution in [0.2, 0.25) is 5.02 Å². The maximum absolute atomic E-state index is 12.2. The van der Waals surface area contributed by atoms with Crippen LogP contribution in [0.1, 0.15) is 24.2 Å². The van der Waals surface area contributed by atoms with Gasteiger partial charge < -0.3 is 4.74 Å². The van der Waals surface area contributed by atoms with Crippen molar-refractivity contribution in [1.82, 2.24) is 9.78 Å². The SMILES string of the molecule is CCOC(=O)c1cc(-c2ccccc2Cl)nn(CC)c1=O. The van der Waals surface area contributed by atoms with Crippen molar-refractivity contribution in [3.8, 4) is 11.3 Å². The third kappa shape index (κ3) is 3.13. The molecule has 0 aliphatic carbocycles. The molecule has 5 nitrogen and oxygen atoms in total. The van der Waals surface area contributed by atoms with Gasteiger partial charge in [-0.3, -0.25) is 4.79 Å². The lowest BCUT2D eigenvalue weighted by Gasteiger charge is -2.09. The number of carbonyl (C=O) groups is 1. The molecule has 1 aromatic heterocycles. The Morgan fingerprint density at radius 3 is 2.67 bits per heavy atom. The predicted octanol–water partition coefficient (Wildman–Crippen LogP) is 2.76. The van der Waals surface area contributed by atoms with Gasteiger partial charge in [-0.25, -0.2) is 9.48 Å². The lowest BCUT2D eigenvalue weighted by molar-refractivity contribution is 0.0523. The Morgan fingerprint density at radius 2 is 2.05 bits per heavy atom. The zero-order valence-corrected chi connectivity index (χ0v) is 12.6. The summed E-state index contributed by atoms with van der Waals surface area (Å²) in [7, 11) is 0. The van der Waals surface area contributed by atoms with Gasteiger partial charge in [-0.2, -0.15) is 5.10 Å². The highest BCUT2D eigenvalue weighted by molar-refractivity contribution is 6.33. The second-order valence-electron chi connectivity index (χ2n) is 4.26. The largest absolute Gasteiger partial charge is 0.462 e. The fourth-order valence-electron chi connectivity index (χ4n) is 1.91. The highest BCUT2D eigenvalue weighted by atomic mass is 35.5. The molecule has 0 spiro atoms. The topological polar surface area (TPSA) is 61.2 Å². The standard InChI is InChI=1S/C15H15ClN2O3/c1-3-18-14(19)11(15(20)21-4-2)9-13(17-18)10-7-5-6-8-12(10)16/h5-9H,3-4H2,1-2H3. The molecule has 110 valence electrons. The second kappa shape index (κ2) is 6.54. The summed E-state index contributed by atoms with van der Waals surface area (Å²) in [6, 6.07) is 8.55.